The number of carbonyl (C=O) groups excluding carboxylic acids is 1. The molecular weight excluding hydrogens is 212 g/mol. The Bertz CT molecular complexity index is 303. The summed E-state index contributed by atoms with van der Waals surface area (Å²) in [4.78, 5) is 12.1. The summed E-state index contributed by atoms with van der Waals surface area (Å²) in [5, 5.41) is 0. The van der Waals surface area contributed by atoms with E-state index in [9.17, 15) is 4.79 Å². The molecule has 0 N–H and O–H groups in total. The average molecular weight is 236 g/mol. The van der Waals surface area contributed by atoms with Crippen molar-refractivity contribution >= 4 is 5.97 Å². The molecule has 1 saturated carbocycles. The first-order chi connectivity index (χ1) is 7.96. The fourth-order valence-electron chi connectivity index (χ4n) is 2.34. The first-order valence-electron chi connectivity index (χ1n) is 6.43. The zero-order chi connectivity index (χ0) is 12.9. The van der Waals surface area contributed by atoms with Gasteiger partial charge in [-0.25, -0.2) is 0 Å². The Kier molecular flexibility index (Phi) is 4.55. The minimum Gasteiger partial charge on any atom is -0.465 e. The van der Waals surface area contributed by atoms with Crippen molar-refractivity contribution in [3.63, 3.8) is 0 Å². The second-order valence-corrected chi connectivity index (χ2v) is 5.64. The van der Waals surface area contributed by atoms with Gasteiger partial charge in [0.2, 0.25) is 0 Å². The predicted octanol–water partition coefficient (Wildman–Crippen LogP) is 3.88. The first-order valence-corrected chi connectivity index (χ1v) is 6.43. The highest BCUT2D eigenvalue weighted by Crippen LogP contribution is 2.46. The van der Waals surface area contributed by atoms with Gasteiger partial charge in [0.05, 0.1) is 12.0 Å². The van der Waals surface area contributed by atoms with Crippen LogP contribution in [-0.2, 0) is 9.53 Å². The summed E-state index contributed by atoms with van der Waals surface area (Å²) < 4.78 is 5.23. The maximum absolute atomic E-state index is 12.1. The standard InChI is InChI=1S/C15H24O2/c1-5-7-8-15(13(16)17-6-2)11-9-14(3,4)10-12-15/h5,7-8H,1,6,9-12H2,2-4H3. The summed E-state index contributed by atoms with van der Waals surface area (Å²) in [6, 6.07) is 0. The molecule has 1 fully saturated rings. The molecular formula is C15H24O2. The number of hydrogen-bond acceptors (Lipinski definition) is 2. The van der Waals surface area contributed by atoms with Crippen molar-refractivity contribution in [1.82, 2.24) is 0 Å². The molecule has 0 heterocycles. The van der Waals surface area contributed by atoms with Gasteiger partial charge in [-0.2, -0.15) is 0 Å². The van der Waals surface area contributed by atoms with Gasteiger partial charge in [0, 0.05) is 0 Å². The van der Waals surface area contributed by atoms with E-state index in [-0.39, 0.29) is 5.97 Å². The SMILES string of the molecule is C=CC=CC1(C(=O)OCC)CCC(C)(C)CC1. The zero-order valence-corrected chi connectivity index (χ0v) is 11.3. The largest absolute Gasteiger partial charge is 0.465 e. The van der Waals surface area contributed by atoms with Gasteiger partial charge in [-0.3, -0.25) is 4.79 Å². The topological polar surface area (TPSA) is 26.3 Å². The number of rotatable bonds is 4. The van der Waals surface area contributed by atoms with E-state index in [1.54, 1.807) is 6.08 Å². The summed E-state index contributed by atoms with van der Waals surface area (Å²) in [7, 11) is 0. The number of allylic oxidation sites excluding steroid dienone is 2. The van der Waals surface area contributed by atoms with Crippen molar-refractivity contribution in [2.45, 2.75) is 46.5 Å². The van der Waals surface area contributed by atoms with Crippen molar-refractivity contribution in [2.24, 2.45) is 10.8 Å². The number of carbonyl (C=O) groups is 1. The highest BCUT2D eigenvalue weighted by molar-refractivity contribution is 5.79. The van der Waals surface area contributed by atoms with E-state index in [1.807, 2.05) is 19.1 Å². The van der Waals surface area contributed by atoms with Crippen molar-refractivity contribution in [3.05, 3.63) is 24.8 Å². The fraction of sp³-hybridized carbons (Fsp3) is 0.667. The van der Waals surface area contributed by atoms with Crippen LogP contribution in [0.1, 0.15) is 46.5 Å². The van der Waals surface area contributed by atoms with E-state index >= 15 is 0 Å². The van der Waals surface area contributed by atoms with Crippen molar-refractivity contribution in [1.29, 1.82) is 0 Å². The summed E-state index contributed by atoms with van der Waals surface area (Å²) in [5.41, 5.74) is -0.0717. The molecule has 0 saturated heterocycles. The second kappa shape index (κ2) is 5.52. The molecule has 0 radical (unpaired) electrons. The van der Waals surface area contributed by atoms with Crippen LogP contribution >= 0.6 is 0 Å². The van der Waals surface area contributed by atoms with Crippen LogP contribution in [0.15, 0.2) is 24.8 Å². The number of ether oxygens (including phenoxy) is 1. The lowest BCUT2D eigenvalue weighted by molar-refractivity contribution is -0.155. The van der Waals surface area contributed by atoms with E-state index in [0.29, 0.717) is 12.0 Å². The summed E-state index contributed by atoms with van der Waals surface area (Å²) in [6.45, 7) is 10.5. The normalized spacial score (nSPS) is 22.3. The third-order valence-corrected chi connectivity index (χ3v) is 3.73. The minimum atomic E-state index is -0.417. The summed E-state index contributed by atoms with van der Waals surface area (Å²) >= 11 is 0. The molecule has 0 aromatic carbocycles. The van der Waals surface area contributed by atoms with Crippen LogP contribution in [0.2, 0.25) is 0 Å². The molecule has 0 spiro atoms. The van der Waals surface area contributed by atoms with Crippen molar-refractivity contribution < 1.29 is 9.53 Å². The lowest BCUT2D eigenvalue weighted by Crippen LogP contribution is -2.37. The Morgan fingerprint density at radius 3 is 2.35 bits per heavy atom. The highest BCUT2D eigenvalue weighted by atomic mass is 16.5. The monoisotopic (exact) mass is 236 g/mol. The lowest BCUT2D eigenvalue weighted by atomic mass is 9.65. The van der Waals surface area contributed by atoms with Gasteiger partial charge < -0.3 is 4.74 Å². The van der Waals surface area contributed by atoms with Crippen LogP contribution in [0.3, 0.4) is 0 Å². The zero-order valence-electron chi connectivity index (χ0n) is 11.3. The Labute approximate surface area is 105 Å². The molecule has 0 aliphatic heterocycles. The van der Waals surface area contributed by atoms with Gasteiger partial charge in [-0.05, 0) is 38.0 Å². The average Bonchev–Trinajstić information content (AvgIpc) is 2.29. The summed E-state index contributed by atoms with van der Waals surface area (Å²) in [6.07, 6.45) is 9.45. The van der Waals surface area contributed by atoms with E-state index < -0.39 is 5.41 Å². The van der Waals surface area contributed by atoms with Crippen LogP contribution in [0, 0.1) is 10.8 Å². The minimum absolute atomic E-state index is 0.0754. The van der Waals surface area contributed by atoms with Crippen molar-refractivity contribution in [2.75, 3.05) is 6.61 Å². The van der Waals surface area contributed by atoms with Gasteiger partial charge in [-0.1, -0.05) is 38.7 Å². The Hall–Kier alpha value is -1.05. The third-order valence-electron chi connectivity index (χ3n) is 3.73. The maximum atomic E-state index is 12.1. The van der Waals surface area contributed by atoms with Crippen LogP contribution in [0.4, 0.5) is 0 Å². The molecule has 2 nitrogen and oxygen atoms in total. The Morgan fingerprint density at radius 1 is 1.29 bits per heavy atom. The van der Waals surface area contributed by atoms with Crippen LogP contribution in [0.5, 0.6) is 0 Å². The molecule has 17 heavy (non-hydrogen) atoms. The van der Waals surface area contributed by atoms with Gasteiger partial charge in [-0.15, -0.1) is 0 Å². The van der Waals surface area contributed by atoms with Gasteiger partial charge in [0.15, 0.2) is 0 Å². The number of hydrogen-bond donors (Lipinski definition) is 0. The van der Waals surface area contributed by atoms with Gasteiger partial charge in [0.25, 0.3) is 0 Å². The molecule has 0 unspecified atom stereocenters. The van der Waals surface area contributed by atoms with Crippen LogP contribution in [0.25, 0.3) is 0 Å². The highest BCUT2D eigenvalue weighted by Gasteiger charge is 2.42. The maximum Gasteiger partial charge on any atom is 0.315 e. The molecule has 0 bridgehead atoms. The van der Waals surface area contributed by atoms with E-state index in [2.05, 4.69) is 20.4 Å². The molecule has 1 aliphatic carbocycles. The van der Waals surface area contributed by atoms with Crippen molar-refractivity contribution in [3.8, 4) is 0 Å². The quantitative estimate of drug-likeness (QED) is 0.547. The van der Waals surface area contributed by atoms with Crippen LogP contribution in [-0.4, -0.2) is 12.6 Å². The third kappa shape index (κ3) is 3.45. The van der Waals surface area contributed by atoms with Gasteiger partial charge >= 0.3 is 5.97 Å². The van der Waals surface area contributed by atoms with E-state index in [4.69, 9.17) is 4.74 Å². The predicted molar refractivity (Wildman–Crippen MR) is 70.7 cm³/mol. The smallest absolute Gasteiger partial charge is 0.315 e. The summed E-state index contributed by atoms with van der Waals surface area (Å²) in [5.74, 6) is -0.0754. The fourth-order valence-corrected chi connectivity index (χ4v) is 2.34. The van der Waals surface area contributed by atoms with Gasteiger partial charge in [0.1, 0.15) is 0 Å². The Morgan fingerprint density at radius 2 is 1.88 bits per heavy atom. The molecule has 0 amide bonds. The first kappa shape index (κ1) is 14.0. The molecule has 0 atom stereocenters. The lowest BCUT2D eigenvalue weighted by Gasteiger charge is -2.40. The number of esters is 1. The van der Waals surface area contributed by atoms with Crippen LogP contribution < -0.4 is 0 Å². The molecule has 2 heteroatoms. The van der Waals surface area contributed by atoms with E-state index in [1.165, 1.54) is 0 Å². The molecule has 0 aromatic heterocycles. The second-order valence-electron chi connectivity index (χ2n) is 5.64. The Balaban J connectivity index is 2.85. The van der Waals surface area contributed by atoms with E-state index in [0.717, 1.165) is 25.7 Å². The molecule has 96 valence electrons. The molecule has 0 aromatic rings. The molecule has 1 rings (SSSR count). The molecule has 1 aliphatic rings.